The smallest absolute Gasteiger partial charge is 0.262 e. The van der Waals surface area contributed by atoms with Gasteiger partial charge in [0, 0.05) is 23.1 Å². The van der Waals surface area contributed by atoms with E-state index in [2.05, 4.69) is 31.3 Å². The molecule has 2 rings (SSSR count). The fourth-order valence-corrected chi connectivity index (χ4v) is 4.21. The number of anilines is 1. The molecule has 0 saturated heterocycles. The van der Waals surface area contributed by atoms with Crippen molar-refractivity contribution < 1.29 is 17.9 Å². The van der Waals surface area contributed by atoms with Gasteiger partial charge in [0.1, 0.15) is 5.75 Å². The molecule has 1 aromatic carbocycles. The maximum Gasteiger partial charge on any atom is 0.262 e. The summed E-state index contributed by atoms with van der Waals surface area (Å²) in [6, 6.07) is 2.94. The van der Waals surface area contributed by atoms with E-state index in [9.17, 15) is 13.2 Å². The van der Waals surface area contributed by atoms with Crippen molar-refractivity contribution in [2.75, 3.05) is 25.0 Å². The van der Waals surface area contributed by atoms with E-state index in [-0.39, 0.29) is 42.4 Å². The number of fused-ring (bicyclic) bond motifs is 1. The largest absolute Gasteiger partial charge is 0.482 e. The summed E-state index contributed by atoms with van der Waals surface area (Å²) in [6.07, 6.45) is 0. The van der Waals surface area contributed by atoms with E-state index < -0.39 is 10.0 Å². The van der Waals surface area contributed by atoms with Crippen LogP contribution in [0.4, 0.5) is 5.69 Å². The van der Waals surface area contributed by atoms with E-state index in [1.807, 2.05) is 13.8 Å². The predicted octanol–water partition coefficient (Wildman–Crippen LogP) is 1.48. The summed E-state index contributed by atoms with van der Waals surface area (Å²) in [6.45, 7) is 4.76. The van der Waals surface area contributed by atoms with Crippen LogP contribution < -0.4 is 20.1 Å². The Hall–Kier alpha value is -0.870. The number of likely N-dealkylation sites (N-methyl/N-ethyl adjacent to an activating group) is 1. The van der Waals surface area contributed by atoms with Crippen LogP contribution in [0.5, 0.6) is 5.75 Å². The number of nitrogens with one attached hydrogen (secondary N) is 3. The van der Waals surface area contributed by atoms with Gasteiger partial charge in [-0.15, -0.1) is 12.4 Å². The van der Waals surface area contributed by atoms with Crippen molar-refractivity contribution in [2.24, 2.45) is 0 Å². The predicted molar refractivity (Wildman–Crippen MR) is 93.8 cm³/mol. The molecule has 0 bridgehead atoms. The first kappa shape index (κ1) is 20.2. The molecule has 0 aliphatic carbocycles. The molecule has 0 aromatic heterocycles. The molecule has 7 nitrogen and oxygen atoms in total. The number of rotatable bonds is 6. The van der Waals surface area contributed by atoms with E-state index >= 15 is 0 Å². The lowest BCUT2D eigenvalue weighted by Crippen LogP contribution is -2.38. The first-order valence-corrected chi connectivity index (χ1v) is 9.10. The number of hydrogen-bond acceptors (Lipinski definition) is 5. The number of ether oxygens (including phenoxy) is 1. The average molecular weight is 429 g/mol. The standard InChI is InChI=1S/C13H18BrN3O4S.ClH/c1-3-15-8(2)6-16-22(19,20)12-5-11-10(4-9(12)14)17-13(18)7-21-11;/h4-5,8,15-16H,3,6-7H2,1-2H3,(H,17,18);1H/t8-;/m1./s1. The highest BCUT2D eigenvalue weighted by Crippen LogP contribution is 2.35. The topological polar surface area (TPSA) is 96.5 Å². The van der Waals surface area contributed by atoms with Crippen LogP contribution in [0.15, 0.2) is 21.5 Å². The van der Waals surface area contributed by atoms with E-state index in [0.717, 1.165) is 6.54 Å². The molecule has 0 fully saturated rings. The molecule has 130 valence electrons. The number of benzene rings is 1. The highest BCUT2D eigenvalue weighted by Gasteiger charge is 2.24. The molecular weight excluding hydrogens is 410 g/mol. The van der Waals surface area contributed by atoms with Crippen LogP contribution in [0.1, 0.15) is 13.8 Å². The van der Waals surface area contributed by atoms with Gasteiger partial charge in [-0.2, -0.15) is 0 Å². The Morgan fingerprint density at radius 2 is 2.13 bits per heavy atom. The van der Waals surface area contributed by atoms with Crippen molar-refractivity contribution in [3.8, 4) is 5.75 Å². The van der Waals surface area contributed by atoms with Crippen molar-refractivity contribution in [3.63, 3.8) is 0 Å². The molecule has 1 aromatic rings. The zero-order valence-electron chi connectivity index (χ0n) is 12.7. The van der Waals surface area contributed by atoms with Crippen molar-refractivity contribution in [2.45, 2.75) is 24.8 Å². The lowest BCUT2D eigenvalue weighted by Gasteiger charge is -2.20. The lowest BCUT2D eigenvalue weighted by molar-refractivity contribution is -0.118. The number of amides is 1. The third-order valence-corrected chi connectivity index (χ3v) is 5.47. The van der Waals surface area contributed by atoms with Gasteiger partial charge in [-0.05, 0) is 35.5 Å². The second-order valence-electron chi connectivity index (χ2n) is 4.93. The van der Waals surface area contributed by atoms with Crippen LogP contribution in [0.2, 0.25) is 0 Å². The molecular formula is C13H19BrClN3O4S. The highest BCUT2D eigenvalue weighted by atomic mass is 79.9. The molecule has 10 heteroatoms. The van der Waals surface area contributed by atoms with Crippen LogP contribution in [0, 0.1) is 0 Å². The molecule has 0 spiro atoms. The van der Waals surface area contributed by atoms with Gasteiger partial charge < -0.3 is 15.4 Å². The summed E-state index contributed by atoms with van der Waals surface area (Å²) in [5.74, 6) is 0.0653. The number of hydrogen-bond donors (Lipinski definition) is 3. The third-order valence-electron chi connectivity index (χ3n) is 3.09. The molecule has 0 saturated carbocycles. The Labute approximate surface area is 150 Å². The second-order valence-corrected chi connectivity index (χ2v) is 7.52. The minimum atomic E-state index is -3.68. The van der Waals surface area contributed by atoms with Crippen LogP contribution >= 0.6 is 28.3 Å². The summed E-state index contributed by atoms with van der Waals surface area (Å²) in [5.41, 5.74) is 0.447. The molecule has 1 aliphatic heterocycles. The van der Waals surface area contributed by atoms with E-state index in [1.165, 1.54) is 12.1 Å². The molecule has 0 radical (unpaired) electrons. The summed E-state index contributed by atoms with van der Waals surface area (Å²) in [5, 5.41) is 5.76. The van der Waals surface area contributed by atoms with Crippen LogP contribution in [-0.4, -0.2) is 40.1 Å². The molecule has 1 heterocycles. The lowest BCUT2D eigenvalue weighted by atomic mass is 10.2. The fourth-order valence-electron chi connectivity index (χ4n) is 2.02. The van der Waals surface area contributed by atoms with Gasteiger partial charge in [-0.25, -0.2) is 13.1 Å². The van der Waals surface area contributed by atoms with Crippen molar-refractivity contribution in [1.29, 1.82) is 0 Å². The zero-order chi connectivity index (χ0) is 16.3. The highest BCUT2D eigenvalue weighted by molar-refractivity contribution is 9.10. The number of carbonyl (C=O) groups is 1. The van der Waals surface area contributed by atoms with Crippen molar-refractivity contribution in [1.82, 2.24) is 10.0 Å². The summed E-state index contributed by atoms with van der Waals surface area (Å²) < 4.78 is 33.0. The van der Waals surface area contributed by atoms with Gasteiger partial charge in [-0.1, -0.05) is 6.92 Å². The van der Waals surface area contributed by atoms with Crippen LogP contribution in [0.3, 0.4) is 0 Å². The molecule has 0 unspecified atom stereocenters. The number of halogens is 2. The Kier molecular flexibility index (Phi) is 7.28. The van der Waals surface area contributed by atoms with Gasteiger partial charge >= 0.3 is 0 Å². The number of sulfonamides is 1. The van der Waals surface area contributed by atoms with Gasteiger partial charge in [0.25, 0.3) is 5.91 Å². The van der Waals surface area contributed by atoms with E-state index in [0.29, 0.717) is 15.9 Å². The summed E-state index contributed by atoms with van der Waals surface area (Å²) in [4.78, 5) is 11.3. The van der Waals surface area contributed by atoms with Crippen LogP contribution in [0.25, 0.3) is 0 Å². The van der Waals surface area contributed by atoms with E-state index in [4.69, 9.17) is 4.74 Å². The van der Waals surface area contributed by atoms with Gasteiger partial charge in [0.05, 0.1) is 10.6 Å². The zero-order valence-corrected chi connectivity index (χ0v) is 15.9. The SMILES string of the molecule is CCN[C@H](C)CNS(=O)(=O)c1cc2c(cc1Br)NC(=O)CO2.Cl. The molecule has 3 N–H and O–H groups in total. The van der Waals surface area contributed by atoms with Crippen molar-refractivity contribution in [3.05, 3.63) is 16.6 Å². The van der Waals surface area contributed by atoms with Gasteiger partial charge in [0.2, 0.25) is 10.0 Å². The van der Waals surface area contributed by atoms with Gasteiger partial charge in [0.15, 0.2) is 6.61 Å². The third kappa shape index (κ3) is 5.05. The van der Waals surface area contributed by atoms with Crippen LogP contribution in [-0.2, 0) is 14.8 Å². The maximum absolute atomic E-state index is 12.4. The molecule has 1 amide bonds. The van der Waals surface area contributed by atoms with Gasteiger partial charge in [-0.3, -0.25) is 4.79 Å². The average Bonchev–Trinajstić information content (AvgIpc) is 2.44. The fraction of sp³-hybridized carbons (Fsp3) is 0.462. The first-order valence-electron chi connectivity index (χ1n) is 6.82. The molecule has 1 aliphatic rings. The summed E-state index contributed by atoms with van der Waals surface area (Å²) in [7, 11) is -3.68. The normalized spacial score (nSPS) is 15.0. The molecule has 23 heavy (non-hydrogen) atoms. The van der Waals surface area contributed by atoms with E-state index in [1.54, 1.807) is 0 Å². The summed E-state index contributed by atoms with van der Waals surface area (Å²) >= 11 is 3.23. The van der Waals surface area contributed by atoms with Crippen molar-refractivity contribution >= 4 is 50.0 Å². The maximum atomic E-state index is 12.4. The Bertz CT molecular complexity index is 684. The minimum absolute atomic E-state index is 0. The minimum Gasteiger partial charge on any atom is -0.482 e. The monoisotopic (exact) mass is 427 g/mol. The Balaban J connectivity index is 0.00000264. The molecule has 1 atom stereocenters. The second kappa shape index (κ2) is 8.29. The Morgan fingerprint density at radius 1 is 1.43 bits per heavy atom. The number of carbonyl (C=O) groups excluding carboxylic acids is 1. The Morgan fingerprint density at radius 3 is 2.78 bits per heavy atom. The quantitative estimate of drug-likeness (QED) is 0.638. The first-order chi connectivity index (χ1) is 10.3.